The summed E-state index contributed by atoms with van der Waals surface area (Å²) in [5, 5.41) is 11.8. The van der Waals surface area contributed by atoms with Crippen molar-refractivity contribution >= 4 is 17.7 Å². The number of aliphatic carboxylic acids is 1. The van der Waals surface area contributed by atoms with E-state index >= 15 is 0 Å². The molecule has 1 atom stereocenters. The quantitative estimate of drug-likeness (QED) is 0.891. The van der Waals surface area contributed by atoms with E-state index in [1.54, 1.807) is 31.1 Å². The van der Waals surface area contributed by atoms with Crippen LogP contribution in [0.2, 0.25) is 0 Å². The Balaban J connectivity index is 1.91. The Morgan fingerprint density at radius 3 is 2.62 bits per heavy atom. The highest BCUT2D eigenvalue weighted by Crippen LogP contribution is 2.26. The standard InChI is InChI=1S/C15H20N2O4/c1-9-6-12(21-3)4-5-13(9)16-15(20)17-7-11(8-17)10(2)14(18)19/h4-6,10-11H,7-8H2,1-3H3,(H,16,20)(H,18,19). The molecule has 1 aliphatic heterocycles. The molecule has 0 radical (unpaired) electrons. The van der Waals surface area contributed by atoms with Gasteiger partial charge < -0.3 is 20.1 Å². The molecule has 1 aromatic rings. The number of anilines is 1. The average molecular weight is 292 g/mol. The van der Waals surface area contributed by atoms with Crippen molar-refractivity contribution in [2.75, 3.05) is 25.5 Å². The minimum Gasteiger partial charge on any atom is -0.497 e. The highest BCUT2D eigenvalue weighted by atomic mass is 16.5. The summed E-state index contributed by atoms with van der Waals surface area (Å²) in [6, 6.07) is 5.23. The maximum Gasteiger partial charge on any atom is 0.321 e. The Morgan fingerprint density at radius 2 is 2.10 bits per heavy atom. The van der Waals surface area contributed by atoms with Crippen molar-refractivity contribution in [2.45, 2.75) is 13.8 Å². The second-order valence-corrected chi connectivity index (χ2v) is 5.40. The first kappa shape index (κ1) is 15.2. The van der Waals surface area contributed by atoms with Gasteiger partial charge in [0.2, 0.25) is 0 Å². The highest BCUT2D eigenvalue weighted by molar-refractivity contribution is 5.91. The monoisotopic (exact) mass is 292 g/mol. The molecule has 0 saturated carbocycles. The molecule has 21 heavy (non-hydrogen) atoms. The molecule has 114 valence electrons. The third kappa shape index (κ3) is 3.26. The predicted octanol–water partition coefficient (Wildman–Crippen LogP) is 2.19. The number of carboxylic acid groups (broad SMARTS) is 1. The highest BCUT2D eigenvalue weighted by Gasteiger charge is 2.37. The average Bonchev–Trinajstić information content (AvgIpc) is 2.39. The lowest BCUT2D eigenvalue weighted by atomic mass is 9.87. The van der Waals surface area contributed by atoms with Crippen LogP contribution < -0.4 is 10.1 Å². The molecule has 2 rings (SSSR count). The summed E-state index contributed by atoms with van der Waals surface area (Å²) in [6.45, 7) is 4.53. The zero-order valence-corrected chi connectivity index (χ0v) is 12.4. The molecule has 1 aromatic carbocycles. The number of carboxylic acids is 1. The van der Waals surface area contributed by atoms with Crippen molar-refractivity contribution in [3.8, 4) is 5.75 Å². The fraction of sp³-hybridized carbons (Fsp3) is 0.467. The van der Waals surface area contributed by atoms with Crippen molar-refractivity contribution < 1.29 is 19.4 Å². The van der Waals surface area contributed by atoms with Gasteiger partial charge in [-0.25, -0.2) is 4.79 Å². The van der Waals surface area contributed by atoms with Gasteiger partial charge in [0.15, 0.2) is 0 Å². The van der Waals surface area contributed by atoms with Gasteiger partial charge in [-0.3, -0.25) is 4.79 Å². The number of methoxy groups -OCH3 is 1. The molecular formula is C15H20N2O4. The molecule has 2 N–H and O–H groups in total. The number of hydrogen-bond donors (Lipinski definition) is 2. The van der Waals surface area contributed by atoms with Crippen molar-refractivity contribution in [1.29, 1.82) is 0 Å². The lowest BCUT2D eigenvalue weighted by Crippen LogP contribution is -2.54. The first-order valence-electron chi connectivity index (χ1n) is 6.85. The molecule has 6 heteroatoms. The van der Waals surface area contributed by atoms with Gasteiger partial charge in [-0.2, -0.15) is 0 Å². The van der Waals surface area contributed by atoms with Crippen LogP contribution in [0.3, 0.4) is 0 Å². The summed E-state index contributed by atoms with van der Waals surface area (Å²) in [7, 11) is 1.59. The van der Waals surface area contributed by atoms with E-state index in [2.05, 4.69) is 5.32 Å². The Labute approximate surface area is 123 Å². The minimum absolute atomic E-state index is 0.0326. The van der Waals surface area contributed by atoms with Crippen molar-refractivity contribution in [2.24, 2.45) is 11.8 Å². The molecule has 0 aromatic heterocycles. The zero-order valence-electron chi connectivity index (χ0n) is 12.4. The Hall–Kier alpha value is -2.24. The van der Waals surface area contributed by atoms with Crippen LogP contribution in [0.15, 0.2) is 18.2 Å². The third-order valence-electron chi connectivity index (χ3n) is 3.97. The van der Waals surface area contributed by atoms with Crippen LogP contribution in [-0.4, -0.2) is 42.2 Å². The van der Waals surface area contributed by atoms with Crippen LogP contribution >= 0.6 is 0 Å². The minimum atomic E-state index is -0.814. The number of carbonyl (C=O) groups is 2. The zero-order chi connectivity index (χ0) is 15.6. The fourth-order valence-corrected chi connectivity index (χ4v) is 2.29. The summed E-state index contributed by atoms with van der Waals surface area (Å²) in [4.78, 5) is 24.6. The summed E-state index contributed by atoms with van der Waals surface area (Å²) in [5.74, 6) is -0.460. The van der Waals surface area contributed by atoms with Crippen LogP contribution in [0.25, 0.3) is 0 Å². The van der Waals surface area contributed by atoms with Gasteiger partial charge in [-0.1, -0.05) is 6.92 Å². The number of nitrogens with one attached hydrogen (secondary N) is 1. The van der Waals surface area contributed by atoms with E-state index in [0.717, 1.165) is 17.0 Å². The number of rotatable bonds is 4. The number of aryl methyl sites for hydroxylation is 1. The van der Waals surface area contributed by atoms with Crippen molar-refractivity contribution in [3.05, 3.63) is 23.8 Å². The van der Waals surface area contributed by atoms with E-state index in [0.29, 0.717) is 13.1 Å². The number of hydrogen-bond acceptors (Lipinski definition) is 3. The van der Waals surface area contributed by atoms with Gasteiger partial charge >= 0.3 is 12.0 Å². The SMILES string of the molecule is COc1ccc(NC(=O)N2CC(C(C)C(=O)O)C2)c(C)c1. The van der Waals surface area contributed by atoms with Crippen LogP contribution in [-0.2, 0) is 4.79 Å². The van der Waals surface area contributed by atoms with Crippen molar-refractivity contribution in [3.63, 3.8) is 0 Å². The molecule has 0 bridgehead atoms. The lowest BCUT2D eigenvalue weighted by Gasteiger charge is -2.41. The number of benzene rings is 1. The molecule has 1 unspecified atom stereocenters. The second-order valence-electron chi connectivity index (χ2n) is 5.40. The van der Waals surface area contributed by atoms with Crippen LogP contribution in [0.1, 0.15) is 12.5 Å². The van der Waals surface area contributed by atoms with Crippen LogP contribution in [0.4, 0.5) is 10.5 Å². The number of nitrogens with zero attached hydrogens (tertiary/aromatic N) is 1. The fourth-order valence-electron chi connectivity index (χ4n) is 2.29. The number of carbonyl (C=O) groups excluding carboxylic acids is 1. The first-order chi connectivity index (χ1) is 9.92. The summed E-state index contributed by atoms with van der Waals surface area (Å²) >= 11 is 0. The lowest BCUT2D eigenvalue weighted by molar-refractivity contribution is -0.144. The van der Waals surface area contributed by atoms with E-state index in [9.17, 15) is 9.59 Å². The van der Waals surface area contributed by atoms with Gasteiger partial charge in [0.1, 0.15) is 5.75 Å². The Morgan fingerprint density at radius 1 is 1.43 bits per heavy atom. The number of likely N-dealkylation sites (tertiary alicyclic amines) is 1. The Bertz CT molecular complexity index is 553. The third-order valence-corrected chi connectivity index (χ3v) is 3.97. The normalized spacial score (nSPS) is 16.0. The number of ether oxygens (including phenoxy) is 1. The molecule has 1 saturated heterocycles. The summed E-state index contributed by atoms with van der Waals surface area (Å²) in [6.07, 6.45) is 0. The van der Waals surface area contributed by atoms with Gasteiger partial charge in [0.05, 0.1) is 13.0 Å². The van der Waals surface area contributed by atoms with Crippen molar-refractivity contribution in [1.82, 2.24) is 4.90 Å². The second kappa shape index (κ2) is 6.03. The maximum absolute atomic E-state index is 12.1. The van der Waals surface area contributed by atoms with E-state index in [1.807, 2.05) is 13.0 Å². The molecule has 6 nitrogen and oxygen atoms in total. The number of urea groups is 1. The molecule has 2 amide bonds. The molecule has 1 aliphatic rings. The largest absolute Gasteiger partial charge is 0.497 e. The van der Waals surface area contributed by atoms with Gasteiger partial charge in [0, 0.05) is 24.7 Å². The van der Waals surface area contributed by atoms with E-state index in [4.69, 9.17) is 9.84 Å². The molecule has 0 aliphatic carbocycles. The van der Waals surface area contributed by atoms with Crippen LogP contribution in [0, 0.1) is 18.8 Å². The molecule has 1 fully saturated rings. The molecule has 1 heterocycles. The first-order valence-corrected chi connectivity index (χ1v) is 6.85. The van der Waals surface area contributed by atoms with Gasteiger partial charge in [-0.15, -0.1) is 0 Å². The molecule has 0 spiro atoms. The predicted molar refractivity (Wildman–Crippen MR) is 78.6 cm³/mol. The van der Waals surface area contributed by atoms with Gasteiger partial charge in [-0.05, 0) is 30.7 Å². The van der Waals surface area contributed by atoms with E-state index in [1.165, 1.54) is 0 Å². The van der Waals surface area contributed by atoms with E-state index in [-0.39, 0.29) is 11.9 Å². The number of amides is 2. The van der Waals surface area contributed by atoms with E-state index < -0.39 is 11.9 Å². The summed E-state index contributed by atoms with van der Waals surface area (Å²) < 4.78 is 5.12. The van der Waals surface area contributed by atoms with Crippen LogP contribution in [0.5, 0.6) is 5.75 Å². The Kier molecular flexibility index (Phi) is 4.35. The molecular weight excluding hydrogens is 272 g/mol. The maximum atomic E-state index is 12.1. The smallest absolute Gasteiger partial charge is 0.321 e. The topological polar surface area (TPSA) is 78.9 Å². The summed E-state index contributed by atoms with van der Waals surface area (Å²) in [5.41, 5.74) is 1.65. The van der Waals surface area contributed by atoms with Gasteiger partial charge in [0.25, 0.3) is 0 Å².